The number of benzene rings is 1. The zero-order valence-corrected chi connectivity index (χ0v) is 15.6. The molecule has 3 rings (SSSR count). The van der Waals surface area contributed by atoms with Crippen molar-refractivity contribution in [1.29, 1.82) is 0 Å². The minimum absolute atomic E-state index is 0.0912. The lowest BCUT2D eigenvalue weighted by molar-refractivity contribution is 0.0950. The van der Waals surface area contributed by atoms with Crippen LogP contribution in [0.2, 0.25) is 10.0 Å². The number of nitrogens with zero attached hydrogens (tertiary/aromatic N) is 3. The van der Waals surface area contributed by atoms with Crippen LogP contribution in [0.4, 0.5) is 11.6 Å². The van der Waals surface area contributed by atoms with Crippen molar-refractivity contribution in [2.75, 3.05) is 30.4 Å². The number of halogens is 2. The molecule has 26 heavy (non-hydrogen) atoms. The molecule has 138 valence electrons. The van der Waals surface area contributed by atoms with E-state index in [0.717, 1.165) is 0 Å². The van der Waals surface area contributed by atoms with Gasteiger partial charge < -0.3 is 20.6 Å². The average molecular weight is 396 g/mol. The van der Waals surface area contributed by atoms with Gasteiger partial charge in [0.15, 0.2) is 0 Å². The molecular weight excluding hydrogens is 377 g/mol. The molecule has 0 bridgehead atoms. The summed E-state index contributed by atoms with van der Waals surface area (Å²) in [6.07, 6.45) is 1.51. The number of amides is 1. The van der Waals surface area contributed by atoms with Crippen molar-refractivity contribution in [3.05, 3.63) is 46.2 Å². The van der Waals surface area contributed by atoms with E-state index in [1.165, 1.54) is 12.4 Å². The highest BCUT2D eigenvalue weighted by molar-refractivity contribution is 6.35. The lowest BCUT2D eigenvalue weighted by atomic mass is 10.1. The largest absolute Gasteiger partial charge is 0.391 e. The van der Waals surface area contributed by atoms with Gasteiger partial charge in [-0.1, -0.05) is 23.2 Å². The number of β-amino-alcohol motifs (C(OH)–C–C–N with tert-alkyl or cyclic N) is 1. The maximum absolute atomic E-state index is 12.4. The summed E-state index contributed by atoms with van der Waals surface area (Å²) in [5.74, 6) is 1.07. The summed E-state index contributed by atoms with van der Waals surface area (Å²) in [5.41, 5.74) is 0.323. The Morgan fingerprint density at radius 1 is 1.35 bits per heavy atom. The van der Waals surface area contributed by atoms with Crippen LogP contribution >= 0.6 is 23.2 Å². The maximum Gasteiger partial charge on any atom is 0.252 e. The van der Waals surface area contributed by atoms with E-state index in [9.17, 15) is 9.90 Å². The molecule has 1 amide bonds. The molecule has 2 aromatic rings. The highest BCUT2D eigenvalue weighted by Gasteiger charge is 2.32. The molecule has 0 aliphatic carbocycles. The van der Waals surface area contributed by atoms with Crippen LogP contribution in [-0.2, 0) is 0 Å². The average Bonchev–Trinajstić information content (AvgIpc) is 3.02. The van der Waals surface area contributed by atoms with Gasteiger partial charge in [-0.05, 0) is 24.6 Å². The second-order valence-electron chi connectivity index (χ2n) is 6.04. The highest BCUT2D eigenvalue weighted by atomic mass is 35.5. The van der Waals surface area contributed by atoms with Crippen LogP contribution in [0.1, 0.15) is 16.8 Å². The van der Waals surface area contributed by atoms with E-state index < -0.39 is 6.10 Å². The molecule has 1 aliphatic rings. The fourth-order valence-corrected chi connectivity index (χ4v) is 3.36. The van der Waals surface area contributed by atoms with Gasteiger partial charge in [0.25, 0.3) is 5.91 Å². The van der Waals surface area contributed by atoms with Crippen molar-refractivity contribution in [1.82, 2.24) is 15.3 Å². The summed E-state index contributed by atoms with van der Waals surface area (Å²) in [4.78, 5) is 22.8. The summed E-state index contributed by atoms with van der Waals surface area (Å²) in [6.45, 7) is 0.788. The van der Waals surface area contributed by atoms with Crippen molar-refractivity contribution < 1.29 is 9.90 Å². The van der Waals surface area contributed by atoms with Crippen LogP contribution in [0.15, 0.2) is 30.6 Å². The van der Waals surface area contributed by atoms with Crippen LogP contribution in [0, 0.1) is 0 Å². The maximum atomic E-state index is 12.4. The van der Waals surface area contributed by atoms with Crippen LogP contribution < -0.4 is 15.5 Å². The number of hydrogen-bond acceptors (Lipinski definition) is 6. The van der Waals surface area contributed by atoms with Gasteiger partial charge in [0, 0.05) is 31.2 Å². The third-order valence-electron chi connectivity index (χ3n) is 4.27. The predicted octanol–water partition coefficient (Wildman–Crippen LogP) is 2.19. The normalized spacial score (nSPS) is 19.5. The van der Waals surface area contributed by atoms with Crippen molar-refractivity contribution in [2.24, 2.45) is 0 Å². The molecule has 7 nitrogen and oxygen atoms in total. The lowest BCUT2D eigenvalue weighted by Gasteiger charge is -2.25. The summed E-state index contributed by atoms with van der Waals surface area (Å²) >= 11 is 12.0. The number of carbonyl (C=O) groups excluding carboxylic acids is 1. The van der Waals surface area contributed by atoms with Crippen molar-refractivity contribution in [3.8, 4) is 0 Å². The molecule has 0 radical (unpaired) electrons. The minimum Gasteiger partial charge on any atom is -0.391 e. The molecule has 0 saturated carbocycles. The van der Waals surface area contributed by atoms with Gasteiger partial charge >= 0.3 is 0 Å². The molecule has 0 unspecified atom stereocenters. The Balaban J connectivity index is 1.71. The number of nitrogens with one attached hydrogen (secondary N) is 2. The Labute approximate surface area is 161 Å². The van der Waals surface area contributed by atoms with Crippen molar-refractivity contribution >= 4 is 40.7 Å². The summed E-state index contributed by atoms with van der Waals surface area (Å²) in [5, 5.41) is 16.7. The second kappa shape index (κ2) is 8.07. The Morgan fingerprint density at radius 3 is 2.92 bits per heavy atom. The van der Waals surface area contributed by atoms with Crippen LogP contribution in [-0.4, -0.2) is 53.3 Å². The molecule has 1 saturated heterocycles. The first kappa shape index (κ1) is 18.7. The Kier molecular flexibility index (Phi) is 5.80. The van der Waals surface area contributed by atoms with E-state index in [-0.39, 0.29) is 11.9 Å². The molecule has 1 aliphatic heterocycles. The van der Waals surface area contributed by atoms with Gasteiger partial charge in [-0.2, -0.15) is 0 Å². The first-order valence-electron chi connectivity index (χ1n) is 8.15. The number of aliphatic hydroxyl groups is 1. The first-order chi connectivity index (χ1) is 12.5. The molecule has 1 aromatic carbocycles. The summed E-state index contributed by atoms with van der Waals surface area (Å²) in [6, 6.07) is 6.46. The SMILES string of the molecule is CNc1cc(N2C[C@H](O)C[C@@H]2CNC(=O)c2cc(Cl)ccc2Cl)ncn1. The van der Waals surface area contributed by atoms with E-state index in [4.69, 9.17) is 23.2 Å². The number of carbonyl (C=O) groups is 1. The van der Waals surface area contributed by atoms with Gasteiger partial charge in [-0.25, -0.2) is 9.97 Å². The fourth-order valence-electron chi connectivity index (χ4n) is 2.98. The molecule has 1 aromatic heterocycles. The standard InChI is InChI=1S/C17H19Cl2N5O2/c1-20-15-6-16(23-9-22-15)24-8-12(25)5-11(24)7-21-17(26)13-4-10(18)2-3-14(13)19/h2-4,6,9,11-12,25H,5,7-8H2,1H3,(H,21,26)(H,20,22,23)/t11-,12-/m1/s1. The molecule has 9 heteroatoms. The third kappa shape index (κ3) is 4.17. The zero-order chi connectivity index (χ0) is 18.7. The third-order valence-corrected chi connectivity index (χ3v) is 4.83. The van der Waals surface area contributed by atoms with Gasteiger partial charge in [-0.15, -0.1) is 0 Å². The molecule has 1 fully saturated rings. The van der Waals surface area contributed by atoms with E-state index in [1.807, 2.05) is 4.90 Å². The minimum atomic E-state index is -0.486. The smallest absolute Gasteiger partial charge is 0.252 e. The summed E-state index contributed by atoms with van der Waals surface area (Å²) < 4.78 is 0. The molecule has 2 heterocycles. The van der Waals surface area contributed by atoms with Gasteiger partial charge in [0.1, 0.15) is 18.0 Å². The topological polar surface area (TPSA) is 90.4 Å². The monoisotopic (exact) mass is 395 g/mol. The van der Waals surface area contributed by atoms with Crippen LogP contribution in [0.25, 0.3) is 0 Å². The van der Waals surface area contributed by atoms with Crippen molar-refractivity contribution in [2.45, 2.75) is 18.6 Å². The lowest BCUT2D eigenvalue weighted by Crippen LogP contribution is -2.40. The zero-order valence-electron chi connectivity index (χ0n) is 14.1. The Hall–Kier alpha value is -2.09. The van der Waals surface area contributed by atoms with E-state index in [0.29, 0.717) is 46.8 Å². The fraction of sp³-hybridized carbons (Fsp3) is 0.353. The van der Waals surface area contributed by atoms with E-state index in [2.05, 4.69) is 20.6 Å². The molecule has 3 N–H and O–H groups in total. The van der Waals surface area contributed by atoms with E-state index >= 15 is 0 Å². The van der Waals surface area contributed by atoms with Crippen LogP contribution in [0.5, 0.6) is 0 Å². The van der Waals surface area contributed by atoms with E-state index in [1.54, 1.807) is 25.2 Å². The molecular formula is C17H19Cl2N5O2. The number of aliphatic hydroxyl groups excluding tert-OH is 1. The van der Waals surface area contributed by atoms with Gasteiger partial charge in [-0.3, -0.25) is 4.79 Å². The predicted molar refractivity (Wildman–Crippen MR) is 102 cm³/mol. The number of rotatable bonds is 5. The van der Waals surface area contributed by atoms with Crippen molar-refractivity contribution in [3.63, 3.8) is 0 Å². The molecule has 2 atom stereocenters. The highest BCUT2D eigenvalue weighted by Crippen LogP contribution is 2.25. The Morgan fingerprint density at radius 2 is 2.15 bits per heavy atom. The first-order valence-corrected chi connectivity index (χ1v) is 8.91. The summed E-state index contributed by atoms with van der Waals surface area (Å²) in [7, 11) is 1.78. The number of aromatic nitrogens is 2. The van der Waals surface area contributed by atoms with Crippen LogP contribution in [0.3, 0.4) is 0 Å². The van der Waals surface area contributed by atoms with Gasteiger partial charge in [0.05, 0.1) is 22.7 Å². The molecule has 0 spiro atoms. The van der Waals surface area contributed by atoms with Gasteiger partial charge in [0.2, 0.25) is 0 Å². The quantitative estimate of drug-likeness (QED) is 0.718. The number of hydrogen-bond donors (Lipinski definition) is 3. The Bertz CT molecular complexity index is 804. The number of anilines is 2. The second-order valence-corrected chi connectivity index (χ2v) is 6.88.